The molecule has 0 aliphatic rings. The number of rotatable bonds is 7. The van der Waals surface area contributed by atoms with Crippen molar-refractivity contribution in [2.24, 2.45) is 0 Å². The van der Waals surface area contributed by atoms with Crippen molar-refractivity contribution in [1.82, 2.24) is 0 Å². The van der Waals surface area contributed by atoms with Crippen molar-refractivity contribution < 1.29 is 17.6 Å². The smallest absolute Gasteiger partial charge is 0.248 e. The van der Waals surface area contributed by atoms with E-state index in [1.54, 1.807) is 49.4 Å². The molecular formula is C18H19FN2O3S. The van der Waals surface area contributed by atoms with Gasteiger partial charge in [-0.3, -0.25) is 9.52 Å². The zero-order chi connectivity index (χ0) is 18.3. The van der Waals surface area contributed by atoms with Crippen LogP contribution in [-0.2, 0) is 14.8 Å². The normalized spacial score (nSPS) is 11.4. The first kappa shape index (κ1) is 18.7. The van der Waals surface area contributed by atoms with E-state index in [1.807, 2.05) is 0 Å². The highest BCUT2D eigenvalue weighted by Crippen LogP contribution is 2.15. The van der Waals surface area contributed by atoms with E-state index in [1.165, 1.54) is 18.2 Å². The summed E-state index contributed by atoms with van der Waals surface area (Å²) in [5.74, 6) is -0.625. The largest absolute Gasteiger partial charge is 0.323 e. The van der Waals surface area contributed by atoms with Crippen LogP contribution in [0, 0.1) is 5.82 Å². The van der Waals surface area contributed by atoms with Gasteiger partial charge in [-0.05, 0) is 54.5 Å². The second-order valence-electron chi connectivity index (χ2n) is 5.37. The third kappa shape index (κ3) is 6.39. The number of carbonyl (C=O) groups is 1. The van der Waals surface area contributed by atoms with Crippen molar-refractivity contribution in [3.63, 3.8) is 0 Å². The number of hydrogen-bond acceptors (Lipinski definition) is 3. The van der Waals surface area contributed by atoms with Crippen LogP contribution in [0.5, 0.6) is 0 Å². The maximum atomic E-state index is 12.8. The second kappa shape index (κ2) is 8.43. The van der Waals surface area contributed by atoms with Crippen LogP contribution in [0.4, 0.5) is 15.8 Å². The van der Waals surface area contributed by atoms with Crippen LogP contribution in [0.1, 0.15) is 18.9 Å². The molecule has 2 aromatic rings. The molecule has 0 unspecified atom stereocenters. The molecule has 0 aliphatic carbocycles. The van der Waals surface area contributed by atoms with E-state index in [0.717, 1.165) is 0 Å². The monoisotopic (exact) mass is 362 g/mol. The number of halogens is 1. The summed E-state index contributed by atoms with van der Waals surface area (Å²) in [5, 5.41) is 2.66. The van der Waals surface area contributed by atoms with Crippen molar-refractivity contribution in [3.05, 3.63) is 66.0 Å². The van der Waals surface area contributed by atoms with Crippen LogP contribution >= 0.6 is 0 Å². The molecule has 2 N–H and O–H groups in total. The molecule has 0 bridgehead atoms. The minimum Gasteiger partial charge on any atom is -0.323 e. The molecule has 2 aromatic carbocycles. The first-order valence-electron chi connectivity index (χ1n) is 7.73. The quantitative estimate of drug-likeness (QED) is 0.739. The number of hydrogen-bond donors (Lipinski definition) is 2. The number of amides is 1. The molecule has 0 aliphatic heterocycles. The lowest BCUT2D eigenvalue weighted by atomic mass is 10.2. The van der Waals surface area contributed by atoms with Gasteiger partial charge in [0.05, 0.1) is 5.75 Å². The van der Waals surface area contributed by atoms with Crippen molar-refractivity contribution >= 4 is 33.4 Å². The molecule has 0 atom stereocenters. The lowest BCUT2D eigenvalue weighted by Gasteiger charge is -2.08. The Morgan fingerprint density at radius 1 is 1.04 bits per heavy atom. The molecule has 0 saturated carbocycles. The summed E-state index contributed by atoms with van der Waals surface area (Å²) in [6, 6.07) is 12.1. The average molecular weight is 362 g/mol. The Bertz CT molecular complexity index is 845. The van der Waals surface area contributed by atoms with Gasteiger partial charge in [0.1, 0.15) is 5.82 Å². The van der Waals surface area contributed by atoms with Gasteiger partial charge in [-0.1, -0.05) is 19.1 Å². The molecule has 132 valence electrons. The maximum absolute atomic E-state index is 12.8. The Labute approximate surface area is 146 Å². The fraction of sp³-hybridized carbons (Fsp3) is 0.167. The highest BCUT2D eigenvalue weighted by molar-refractivity contribution is 7.92. The molecule has 0 radical (unpaired) electrons. The second-order valence-corrected chi connectivity index (χ2v) is 7.21. The summed E-state index contributed by atoms with van der Waals surface area (Å²) in [7, 11) is -3.34. The Morgan fingerprint density at radius 3 is 2.24 bits per heavy atom. The Hall–Kier alpha value is -2.67. The predicted molar refractivity (Wildman–Crippen MR) is 98.2 cm³/mol. The maximum Gasteiger partial charge on any atom is 0.248 e. The SMILES string of the molecule is CCCS(=O)(=O)Nc1ccc(NC(=O)/C=C/c2ccc(F)cc2)cc1. The molecule has 5 nitrogen and oxygen atoms in total. The number of sulfonamides is 1. The number of carbonyl (C=O) groups excluding carboxylic acids is 1. The molecule has 0 spiro atoms. The molecule has 0 saturated heterocycles. The third-order valence-corrected chi connectivity index (χ3v) is 4.69. The van der Waals surface area contributed by atoms with Gasteiger partial charge in [-0.25, -0.2) is 12.8 Å². The van der Waals surface area contributed by atoms with E-state index in [9.17, 15) is 17.6 Å². The topological polar surface area (TPSA) is 75.3 Å². The van der Waals surface area contributed by atoms with Crippen LogP contribution in [0.2, 0.25) is 0 Å². The minimum absolute atomic E-state index is 0.0552. The summed E-state index contributed by atoms with van der Waals surface area (Å²) in [5.41, 5.74) is 1.68. The van der Waals surface area contributed by atoms with Crippen LogP contribution in [-0.4, -0.2) is 20.1 Å². The lowest BCUT2D eigenvalue weighted by molar-refractivity contribution is -0.111. The van der Waals surface area contributed by atoms with Gasteiger partial charge >= 0.3 is 0 Å². The van der Waals surface area contributed by atoms with Gasteiger partial charge < -0.3 is 5.32 Å². The molecule has 2 rings (SSSR count). The van der Waals surface area contributed by atoms with Gasteiger partial charge in [0.2, 0.25) is 15.9 Å². The van der Waals surface area contributed by atoms with E-state index in [2.05, 4.69) is 10.0 Å². The number of nitrogens with one attached hydrogen (secondary N) is 2. The Morgan fingerprint density at radius 2 is 1.64 bits per heavy atom. The van der Waals surface area contributed by atoms with E-state index < -0.39 is 10.0 Å². The zero-order valence-corrected chi connectivity index (χ0v) is 14.5. The fourth-order valence-corrected chi connectivity index (χ4v) is 3.19. The minimum atomic E-state index is -3.34. The van der Waals surface area contributed by atoms with E-state index >= 15 is 0 Å². The first-order chi connectivity index (χ1) is 11.9. The van der Waals surface area contributed by atoms with Gasteiger partial charge in [0.25, 0.3) is 0 Å². The standard InChI is InChI=1S/C18H19FN2O3S/c1-2-13-25(23,24)21-17-10-8-16(9-11-17)20-18(22)12-5-14-3-6-15(19)7-4-14/h3-12,21H,2,13H2,1H3,(H,20,22)/b12-5+. The van der Waals surface area contributed by atoms with Crippen LogP contribution in [0.25, 0.3) is 6.08 Å². The Balaban J connectivity index is 1.94. The van der Waals surface area contributed by atoms with Gasteiger partial charge in [-0.15, -0.1) is 0 Å². The lowest BCUT2D eigenvalue weighted by Crippen LogP contribution is -2.16. The van der Waals surface area contributed by atoms with Crippen molar-refractivity contribution in [2.75, 3.05) is 15.8 Å². The van der Waals surface area contributed by atoms with Crippen LogP contribution in [0.15, 0.2) is 54.6 Å². The Kier molecular flexibility index (Phi) is 6.30. The van der Waals surface area contributed by atoms with E-state index in [-0.39, 0.29) is 17.5 Å². The summed E-state index contributed by atoms with van der Waals surface area (Å²) in [6.07, 6.45) is 3.44. The predicted octanol–water partition coefficient (Wildman–Crippen LogP) is 3.63. The average Bonchev–Trinajstić information content (AvgIpc) is 2.56. The van der Waals surface area contributed by atoms with Gasteiger partial charge in [0, 0.05) is 17.5 Å². The molecule has 0 heterocycles. The molecule has 1 amide bonds. The van der Waals surface area contributed by atoms with E-state index in [0.29, 0.717) is 23.4 Å². The highest BCUT2D eigenvalue weighted by Gasteiger charge is 2.08. The third-order valence-electron chi connectivity index (χ3n) is 3.20. The van der Waals surface area contributed by atoms with Crippen molar-refractivity contribution in [1.29, 1.82) is 0 Å². The summed E-state index contributed by atoms with van der Waals surface area (Å²) >= 11 is 0. The molecular weight excluding hydrogens is 343 g/mol. The van der Waals surface area contributed by atoms with Gasteiger partial charge in [0.15, 0.2) is 0 Å². The number of benzene rings is 2. The van der Waals surface area contributed by atoms with Crippen molar-refractivity contribution in [3.8, 4) is 0 Å². The highest BCUT2D eigenvalue weighted by atomic mass is 32.2. The van der Waals surface area contributed by atoms with Crippen molar-refractivity contribution in [2.45, 2.75) is 13.3 Å². The first-order valence-corrected chi connectivity index (χ1v) is 9.38. The van der Waals surface area contributed by atoms with Crippen LogP contribution < -0.4 is 10.0 Å². The number of anilines is 2. The molecule has 0 aromatic heterocycles. The van der Waals surface area contributed by atoms with Gasteiger partial charge in [-0.2, -0.15) is 0 Å². The van der Waals surface area contributed by atoms with Crippen LogP contribution in [0.3, 0.4) is 0 Å². The zero-order valence-electron chi connectivity index (χ0n) is 13.7. The fourth-order valence-electron chi connectivity index (χ4n) is 2.05. The molecule has 25 heavy (non-hydrogen) atoms. The summed E-state index contributed by atoms with van der Waals surface area (Å²) in [6.45, 7) is 1.79. The molecule has 7 heteroatoms. The molecule has 0 fully saturated rings. The van der Waals surface area contributed by atoms with E-state index in [4.69, 9.17) is 0 Å². The summed E-state index contributed by atoms with van der Waals surface area (Å²) < 4.78 is 38.7. The summed E-state index contributed by atoms with van der Waals surface area (Å²) in [4.78, 5) is 11.9.